The van der Waals surface area contributed by atoms with Crippen LogP contribution >= 0.6 is 23.2 Å². The minimum absolute atomic E-state index is 0.137. The van der Waals surface area contributed by atoms with E-state index in [9.17, 15) is 4.79 Å². The Balaban J connectivity index is 2.29. The zero-order valence-electron chi connectivity index (χ0n) is 10.2. The van der Waals surface area contributed by atoms with E-state index in [0.29, 0.717) is 17.2 Å². The average molecular weight is 299 g/mol. The summed E-state index contributed by atoms with van der Waals surface area (Å²) >= 11 is 11.5. The molecule has 19 heavy (non-hydrogen) atoms. The van der Waals surface area contributed by atoms with Crippen molar-refractivity contribution in [3.05, 3.63) is 47.0 Å². The van der Waals surface area contributed by atoms with Crippen molar-refractivity contribution in [3.63, 3.8) is 0 Å². The molecule has 0 aliphatic rings. The van der Waals surface area contributed by atoms with Gasteiger partial charge in [0.05, 0.1) is 11.8 Å². The van der Waals surface area contributed by atoms with Crippen LogP contribution in [0.1, 0.15) is 27.6 Å². The van der Waals surface area contributed by atoms with E-state index in [1.54, 1.807) is 12.1 Å². The highest BCUT2D eigenvalue weighted by molar-refractivity contribution is 6.17. The minimum Gasteiger partial charge on any atom is -0.267 e. The van der Waals surface area contributed by atoms with Crippen LogP contribution in [0.3, 0.4) is 0 Å². The maximum Gasteiger partial charge on any atom is 0.270 e. The van der Waals surface area contributed by atoms with Gasteiger partial charge in [-0.05, 0) is 18.6 Å². The molecule has 2 aromatic rings. The molecule has 0 fully saturated rings. The Morgan fingerprint density at radius 1 is 1.21 bits per heavy atom. The second-order valence-electron chi connectivity index (χ2n) is 3.89. The predicted octanol–water partition coefficient (Wildman–Crippen LogP) is 2.45. The lowest BCUT2D eigenvalue weighted by Gasteiger charge is -2.11. The smallest absolute Gasteiger partial charge is 0.267 e. The Bertz CT molecular complexity index is 576. The van der Waals surface area contributed by atoms with Crippen molar-refractivity contribution >= 4 is 29.1 Å². The number of hydrogen-bond donors (Lipinski definition) is 1. The van der Waals surface area contributed by atoms with Gasteiger partial charge in [-0.25, -0.2) is 4.68 Å². The highest BCUT2D eigenvalue weighted by Crippen LogP contribution is 2.10. The number of carbonyl (C=O) groups excluding carboxylic acids is 1. The molecule has 100 valence electrons. The molecule has 0 spiro atoms. The van der Waals surface area contributed by atoms with Crippen LogP contribution < -0.4 is 5.43 Å². The molecule has 2 rings (SSSR count). The van der Waals surface area contributed by atoms with Crippen LogP contribution in [0.4, 0.5) is 0 Å². The summed E-state index contributed by atoms with van der Waals surface area (Å²) in [5.74, 6) is 0.907. The number of hydrogen-bond acceptors (Lipinski definition) is 3. The molecule has 0 aliphatic heterocycles. The van der Waals surface area contributed by atoms with E-state index in [1.807, 2.05) is 19.1 Å². The Labute approximate surface area is 120 Å². The summed E-state index contributed by atoms with van der Waals surface area (Å²) in [6.45, 7) is 1.87. The van der Waals surface area contributed by atoms with Crippen LogP contribution in [0, 0.1) is 6.92 Å². The van der Waals surface area contributed by atoms with Gasteiger partial charge >= 0.3 is 0 Å². The summed E-state index contributed by atoms with van der Waals surface area (Å²) in [5, 5.41) is 7.71. The quantitative estimate of drug-likeness (QED) is 0.882. The third kappa shape index (κ3) is 2.88. The predicted molar refractivity (Wildman–Crippen MR) is 74.0 cm³/mol. The van der Waals surface area contributed by atoms with Gasteiger partial charge in [-0.3, -0.25) is 10.2 Å². The number of carbonyl (C=O) groups is 1. The first kappa shape index (κ1) is 13.8. The average Bonchev–Trinajstić information content (AvgIpc) is 2.81. The molecule has 1 N–H and O–H groups in total. The fourth-order valence-corrected chi connectivity index (χ4v) is 1.99. The fraction of sp³-hybridized carbons (Fsp3) is 0.250. The summed E-state index contributed by atoms with van der Waals surface area (Å²) < 4.78 is 1.43. The topological polar surface area (TPSA) is 59.8 Å². The number of nitrogens with one attached hydrogen (secondary N) is 1. The number of nitrogens with zero attached hydrogens (tertiary/aromatic N) is 3. The molecular weight excluding hydrogens is 287 g/mol. The molecule has 0 saturated heterocycles. The summed E-state index contributed by atoms with van der Waals surface area (Å²) in [5.41, 5.74) is 4.17. The monoisotopic (exact) mass is 298 g/mol. The van der Waals surface area contributed by atoms with Crippen LogP contribution in [0.5, 0.6) is 0 Å². The van der Waals surface area contributed by atoms with E-state index < -0.39 is 0 Å². The van der Waals surface area contributed by atoms with Gasteiger partial charge in [0.25, 0.3) is 5.91 Å². The van der Waals surface area contributed by atoms with Crippen LogP contribution in [0.15, 0.2) is 24.3 Å². The second kappa shape index (κ2) is 6.04. The Kier molecular flexibility index (Phi) is 4.39. The largest absolute Gasteiger partial charge is 0.270 e. The van der Waals surface area contributed by atoms with E-state index in [-0.39, 0.29) is 17.7 Å². The maximum absolute atomic E-state index is 12.2. The number of halogens is 2. The first-order valence-corrected chi connectivity index (χ1v) is 6.66. The van der Waals surface area contributed by atoms with Gasteiger partial charge in [0.2, 0.25) is 0 Å². The van der Waals surface area contributed by atoms with Crippen molar-refractivity contribution in [2.75, 3.05) is 5.43 Å². The molecule has 0 atom stereocenters. The second-order valence-corrected chi connectivity index (χ2v) is 4.43. The summed E-state index contributed by atoms with van der Waals surface area (Å²) in [6, 6.07) is 7.29. The molecular formula is C12H12Cl2N4O. The molecule has 5 nitrogen and oxygen atoms in total. The zero-order valence-corrected chi connectivity index (χ0v) is 11.7. The summed E-state index contributed by atoms with van der Waals surface area (Å²) in [4.78, 5) is 12.2. The SMILES string of the molecule is Cc1ccccc1C(=O)Nn1c(CCl)nnc1CCl. The molecule has 0 bridgehead atoms. The van der Waals surface area contributed by atoms with Gasteiger partial charge in [-0.15, -0.1) is 33.4 Å². The highest BCUT2D eigenvalue weighted by atomic mass is 35.5. The lowest BCUT2D eigenvalue weighted by atomic mass is 10.1. The Hall–Kier alpha value is -1.59. The van der Waals surface area contributed by atoms with Gasteiger partial charge in [0.1, 0.15) is 0 Å². The zero-order chi connectivity index (χ0) is 13.8. The molecule has 1 heterocycles. The van der Waals surface area contributed by atoms with Gasteiger partial charge < -0.3 is 0 Å². The van der Waals surface area contributed by atoms with Gasteiger partial charge in [0, 0.05) is 5.56 Å². The molecule has 0 unspecified atom stereocenters. The minimum atomic E-state index is -0.254. The van der Waals surface area contributed by atoms with Gasteiger partial charge in [0.15, 0.2) is 11.6 Å². The van der Waals surface area contributed by atoms with E-state index in [1.165, 1.54) is 4.68 Å². The number of rotatable bonds is 4. The molecule has 7 heteroatoms. The van der Waals surface area contributed by atoms with Crippen molar-refractivity contribution in [1.82, 2.24) is 14.9 Å². The van der Waals surface area contributed by atoms with Crippen molar-refractivity contribution in [1.29, 1.82) is 0 Å². The highest BCUT2D eigenvalue weighted by Gasteiger charge is 2.15. The first-order chi connectivity index (χ1) is 9.17. The van der Waals surface area contributed by atoms with Crippen molar-refractivity contribution in [3.8, 4) is 0 Å². The molecule has 0 saturated carbocycles. The van der Waals surface area contributed by atoms with E-state index in [2.05, 4.69) is 15.6 Å². The van der Waals surface area contributed by atoms with E-state index in [4.69, 9.17) is 23.2 Å². The maximum atomic E-state index is 12.2. The van der Waals surface area contributed by atoms with Crippen LogP contribution in [0.25, 0.3) is 0 Å². The standard InChI is InChI=1S/C12H12Cl2N4O/c1-8-4-2-3-5-9(8)12(19)17-18-10(6-13)15-16-11(18)7-14/h2-5H,6-7H2,1H3,(H,17,19). The number of aromatic nitrogens is 3. The molecule has 1 amide bonds. The van der Waals surface area contributed by atoms with Crippen molar-refractivity contribution in [2.24, 2.45) is 0 Å². The number of benzene rings is 1. The molecule has 1 aromatic carbocycles. The summed E-state index contributed by atoms with van der Waals surface area (Å²) in [7, 11) is 0. The van der Waals surface area contributed by atoms with Gasteiger partial charge in [-0.1, -0.05) is 18.2 Å². The fourth-order valence-electron chi connectivity index (χ4n) is 1.65. The number of amides is 1. The lowest BCUT2D eigenvalue weighted by molar-refractivity contribution is 0.101. The Morgan fingerprint density at radius 2 is 1.79 bits per heavy atom. The van der Waals surface area contributed by atoms with Crippen molar-refractivity contribution < 1.29 is 4.79 Å². The van der Waals surface area contributed by atoms with E-state index >= 15 is 0 Å². The molecule has 0 aliphatic carbocycles. The van der Waals surface area contributed by atoms with Gasteiger partial charge in [-0.2, -0.15) is 0 Å². The van der Waals surface area contributed by atoms with Crippen LogP contribution in [0.2, 0.25) is 0 Å². The van der Waals surface area contributed by atoms with E-state index in [0.717, 1.165) is 5.56 Å². The van der Waals surface area contributed by atoms with Crippen LogP contribution in [-0.2, 0) is 11.8 Å². The third-order valence-electron chi connectivity index (χ3n) is 2.64. The summed E-state index contributed by atoms with van der Waals surface area (Å²) in [6.07, 6.45) is 0. The first-order valence-electron chi connectivity index (χ1n) is 5.59. The van der Waals surface area contributed by atoms with Crippen molar-refractivity contribution in [2.45, 2.75) is 18.7 Å². The van der Waals surface area contributed by atoms with Crippen LogP contribution in [-0.4, -0.2) is 20.8 Å². The number of alkyl halides is 2. The third-order valence-corrected chi connectivity index (χ3v) is 3.12. The number of aryl methyl sites for hydroxylation is 1. The lowest BCUT2D eigenvalue weighted by Crippen LogP contribution is -2.26. The molecule has 1 aromatic heterocycles. The Morgan fingerprint density at radius 3 is 2.32 bits per heavy atom. The molecule has 0 radical (unpaired) electrons. The normalized spacial score (nSPS) is 10.5.